The molecule has 2 aliphatic carbocycles. The molecule has 0 amide bonds. The minimum Gasteiger partial charge on any atom is -0.241 e. The number of hydrogen-bond acceptors (Lipinski definition) is 2. The first-order valence-corrected chi connectivity index (χ1v) is 11.6. The SMILES string of the molecule is CCC1CCC(C2CCC(CCc3nc4ccc(F)cc4s3)CC2)CC1. The maximum Gasteiger partial charge on any atom is 0.124 e. The van der Waals surface area contributed by atoms with Crippen molar-refractivity contribution in [3.05, 3.63) is 29.0 Å². The smallest absolute Gasteiger partial charge is 0.124 e. The molecule has 1 aromatic heterocycles. The molecule has 1 aromatic carbocycles. The number of aromatic nitrogens is 1. The fraction of sp³-hybridized carbons (Fsp3) is 0.696. The standard InChI is InChI=1S/C23H32FNS/c1-2-16-3-8-18(9-4-16)19-10-5-17(6-11-19)7-14-23-25-21-13-12-20(24)15-22(21)26-23/h12-13,15-19H,2-11,14H2,1H3. The molecule has 0 spiro atoms. The van der Waals surface area contributed by atoms with Crippen LogP contribution in [0.15, 0.2) is 18.2 Å². The molecule has 2 aromatic rings. The number of hydrogen-bond donors (Lipinski definition) is 0. The van der Waals surface area contributed by atoms with Gasteiger partial charge in [-0.15, -0.1) is 11.3 Å². The molecule has 26 heavy (non-hydrogen) atoms. The normalized spacial score (nSPS) is 29.9. The Balaban J connectivity index is 1.23. The first kappa shape index (κ1) is 18.4. The first-order valence-electron chi connectivity index (χ1n) is 10.8. The van der Waals surface area contributed by atoms with E-state index in [4.69, 9.17) is 4.98 Å². The molecule has 0 bridgehead atoms. The Kier molecular flexibility index (Phi) is 5.93. The van der Waals surface area contributed by atoms with Gasteiger partial charge in [0.1, 0.15) is 5.82 Å². The van der Waals surface area contributed by atoms with E-state index in [1.54, 1.807) is 17.4 Å². The van der Waals surface area contributed by atoms with Crippen LogP contribution in [0.4, 0.5) is 4.39 Å². The van der Waals surface area contributed by atoms with Gasteiger partial charge >= 0.3 is 0 Å². The number of benzene rings is 1. The van der Waals surface area contributed by atoms with Gasteiger partial charge in [0.25, 0.3) is 0 Å². The van der Waals surface area contributed by atoms with Crippen LogP contribution in [0.5, 0.6) is 0 Å². The monoisotopic (exact) mass is 373 g/mol. The Morgan fingerprint density at radius 2 is 1.62 bits per heavy atom. The molecule has 3 heteroatoms. The number of thiazole rings is 1. The maximum atomic E-state index is 13.3. The van der Waals surface area contributed by atoms with Crippen LogP contribution in [0.1, 0.15) is 76.1 Å². The zero-order valence-corrected chi connectivity index (χ0v) is 16.9. The molecule has 0 atom stereocenters. The zero-order valence-electron chi connectivity index (χ0n) is 16.1. The summed E-state index contributed by atoms with van der Waals surface area (Å²) < 4.78 is 14.3. The Labute approximate surface area is 161 Å². The van der Waals surface area contributed by atoms with E-state index in [1.807, 2.05) is 6.07 Å². The molecule has 2 aliphatic rings. The summed E-state index contributed by atoms with van der Waals surface area (Å²) in [6.45, 7) is 2.36. The summed E-state index contributed by atoms with van der Waals surface area (Å²) in [6, 6.07) is 4.94. The third kappa shape index (κ3) is 4.30. The predicted octanol–water partition coefficient (Wildman–Crippen LogP) is 7.39. The number of halogens is 1. The zero-order chi connectivity index (χ0) is 17.9. The van der Waals surface area contributed by atoms with Crippen molar-refractivity contribution in [2.24, 2.45) is 23.7 Å². The van der Waals surface area contributed by atoms with E-state index >= 15 is 0 Å². The lowest BCUT2D eigenvalue weighted by molar-refractivity contribution is 0.142. The fourth-order valence-electron chi connectivity index (χ4n) is 5.40. The third-order valence-electron chi connectivity index (χ3n) is 7.19. The minimum absolute atomic E-state index is 0.154. The van der Waals surface area contributed by atoms with Crippen molar-refractivity contribution >= 4 is 21.6 Å². The summed E-state index contributed by atoms with van der Waals surface area (Å²) in [7, 11) is 0. The van der Waals surface area contributed by atoms with E-state index in [1.165, 1.54) is 75.3 Å². The quantitative estimate of drug-likeness (QED) is 0.532. The molecule has 2 saturated carbocycles. The summed E-state index contributed by atoms with van der Waals surface area (Å²) in [5.74, 6) is 3.78. The minimum atomic E-state index is -0.154. The third-order valence-corrected chi connectivity index (χ3v) is 8.27. The topological polar surface area (TPSA) is 12.9 Å². The van der Waals surface area contributed by atoms with Crippen LogP contribution in [-0.4, -0.2) is 4.98 Å². The van der Waals surface area contributed by atoms with Crippen LogP contribution < -0.4 is 0 Å². The van der Waals surface area contributed by atoms with Crippen molar-refractivity contribution in [1.29, 1.82) is 0 Å². The Morgan fingerprint density at radius 3 is 2.27 bits per heavy atom. The highest BCUT2D eigenvalue weighted by atomic mass is 32.1. The van der Waals surface area contributed by atoms with Crippen molar-refractivity contribution in [2.45, 2.75) is 77.6 Å². The average Bonchev–Trinajstić information content (AvgIpc) is 3.09. The lowest BCUT2D eigenvalue weighted by Gasteiger charge is -2.37. The summed E-state index contributed by atoms with van der Waals surface area (Å²) >= 11 is 1.67. The van der Waals surface area contributed by atoms with Gasteiger partial charge in [0, 0.05) is 0 Å². The summed E-state index contributed by atoms with van der Waals surface area (Å²) in [5, 5.41) is 1.19. The first-order chi connectivity index (χ1) is 12.7. The van der Waals surface area contributed by atoms with Gasteiger partial charge < -0.3 is 0 Å². The van der Waals surface area contributed by atoms with Crippen molar-refractivity contribution in [3.63, 3.8) is 0 Å². The van der Waals surface area contributed by atoms with E-state index < -0.39 is 0 Å². The summed E-state index contributed by atoms with van der Waals surface area (Å²) in [4.78, 5) is 4.69. The molecule has 4 rings (SSSR count). The molecule has 0 N–H and O–H groups in total. The van der Waals surface area contributed by atoms with Crippen LogP contribution in [-0.2, 0) is 6.42 Å². The van der Waals surface area contributed by atoms with Gasteiger partial charge in [-0.05, 0) is 80.4 Å². The molecule has 2 fully saturated rings. The highest BCUT2D eigenvalue weighted by molar-refractivity contribution is 7.18. The van der Waals surface area contributed by atoms with Crippen LogP contribution in [0.25, 0.3) is 10.2 Å². The Bertz CT molecular complexity index is 708. The molecule has 0 unspecified atom stereocenters. The van der Waals surface area contributed by atoms with Gasteiger partial charge in [-0.25, -0.2) is 9.37 Å². The van der Waals surface area contributed by atoms with Crippen molar-refractivity contribution in [1.82, 2.24) is 4.98 Å². The molecule has 1 heterocycles. The second-order valence-corrected chi connectivity index (χ2v) is 9.84. The van der Waals surface area contributed by atoms with E-state index in [2.05, 4.69) is 6.92 Å². The second kappa shape index (κ2) is 8.37. The highest BCUT2D eigenvalue weighted by Gasteiger charge is 2.30. The van der Waals surface area contributed by atoms with E-state index in [0.717, 1.165) is 40.3 Å². The Hall–Kier alpha value is -0.960. The Morgan fingerprint density at radius 1 is 0.962 bits per heavy atom. The summed E-state index contributed by atoms with van der Waals surface area (Å²) in [6.07, 6.45) is 15.4. The van der Waals surface area contributed by atoms with Crippen LogP contribution >= 0.6 is 11.3 Å². The molecule has 1 nitrogen and oxygen atoms in total. The van der Waals surface area contributed by atoms with Gasteiger partial charge in [0.05, 0.1) is 15.2 Å². The number of fused-ring (bicyclic) bond motifs is 1. The van der Waals surface area contributed by atoms with Crippen LogP contribution in [0.3, 0.4) is 0 Å². The lowest BCUT2D eigenvalue weighted by Crippen LogP contribution is -2.25. The predicted molar refractivity (Wildman–Crippen MR) is 109 cm³/mol. The summed E-state index contributed by atoms with van der Waals surface area (Å²) in [5.41, 5.74) is 0.956. The van der Waals surface area contributed by atoms with E-state index in [-0.39, 0.29) is 5.82 Å². The maximum absolute atomic E-state index is 13.3. The number of rotatable bonds is 5. The van der Waals surface area contributed by atoms with E-state index in [0.29, 0.717) is 0 Å². The van der Waals surface area contributed by atoms with Crippen molar-refractivity contribution < 1.29 is 4.39 Å². The molecule has 0 aliphatic heterocycles. The van der Waals surface area contributed by atoms with Crippen molar-refractivity contribution in [3.8, 4) is 0 Å². The molecule has 0 radical (unpaired) electrons. The second-order valence-electron chi connectivity index (χ2n) is 8.73. The van der Waals surface area contributed by atoms with Gasteiger partial charge in [-0.1, -0.05) is 39.0 Å². The lowest BCUT2D eigenvalue weighted by atomic mass is 9.68. The van der Waals surface area contributed by atoms with E-state index in [9.17, 15) is 4.39 Å². The molecule has 0 saturated heterocycles. The number of aryl methyl sites for hydroxylation is 1. The van der Waals surface area contributed by atoms with Gasteiger partial charge in [0.2, 0.25) is 0 Å². The van der Waals surface area contributed by atoms with Gasteiger partial charge in [0.15, 0.2) is 0 Å². The van der Waals surface area contributed by atoms with Crippen molar-refractivity contribution in [2.75, 3.05) is 0 Å². The fourth-order valence-corrected chi connectivity index (χ4v) is 6.40. The molecular weight excluding hydrogens is 341 g/mol. The van der Waals surface area contributed by atoms with Crippen LogP contribution in [0, 0.1) is 29.5 Å². The molecule has 142 valence electrons. The highest BCUT2D eigenvalue weighted by Crippen LogP contribution is 2.42. The number of nitrogens with zero attached hydrogens (tertiary/aromatic N) is 1. The van der Waals surface area contributed by atoms with Crippen LogP contribution in [0.2, 0.25) is 0 Å². The van der Waals surface area contributed by atoms with Gasteiger partial charge in [-0.2, -0.15) is 0 Å². The average molecular weight is 374 g/mol. The van der Waals surface area contributed by atoms with Gasteiger partial charge in [-0.3, -0.25) is 0 Å². The largest absolute Gasteiger partial charge is 0.241 e. The molecular formula is C23H32FNS.